The highest BCUT2D eigenvalue weighted by atomic mass is 16.4. The van der Waals surface area contributed by atoms with Gasteiger partial charge in [0.1, 0.15) is 0 Å². The van der Waals surface area contributed by atoms with Crippen molar-refractivity contribution >= 4 is 12.0 Å². The van der Waals surface area contributed by atoms with Crippen LogP contribution in [-0.4, -0.2) is 67.2 Å². The Kier molecular flexibility index (Phi) is 7.50. The molecule has 21 heavy (non-hydrogen) atoms. The molecule has 1 rings (SSSR count). The summed E-state index contributed by atoms with van der Waals surface area (Å²) in [7, 11) is 4.16. The number of nitrogens with zero attached hydrogens (tertiary/aromatic N) is 2. The summed E-state index contributed by atoms with van der Waals surface area (Å²) in [6.07, 6.45) is 3.42. The van der Waals surface area contributed by atoms with E-state index in [9.17, 15) is 9.59 Å². The van der Waals surface area contributed by atoms with E-state index < -0.39 is 5.97 Å². The number of carbonyl (C=O) groups excluding carboxylic acids is 1. The third-order valence-electron chi connectivity index (χ3n) is 4.04. The molecule has 6 heteroatoms. The fourth-order valence-corrected chi connectivity index (χ4v) is 2.67. The lowest BCUT2D eigenvalue weighted by molar-refractivity contribution is -0.141. The number of carbonyl (C=O) groups is 2. The van der Waals surface area contributed by atoms with E-state index in [4.69, 9.17) is 5.11 Å². The maximum Gasteiger partial charge on any atom is 0.317 e. The van der Waals surface area contributed by atoms with E-state index >= 15 is 0 Å². The molecule has 1 atom stereocenters. The van der Waals surface area contributed by atoms with E-state index in [2.05, 4.69) is 24.3 Å². The number of aliphatic carboxylic acids is 1. The summed E-state index contributed by atoms with van der Waals surface area (Å²) in [4.78, 5) is 26.7. The van der Waals surface area contributed by atoms with E-state index in [0.29, 0.717) is 25.3 Å². The molecule has 0 aromatic heterocycles. The van der Waals surface area contributed by atoms with Crippen molar-refractivity contribution in [1.82, 2.24) is 15.1 Å². The second-order valence-corrected chi connectivity index (χ2v) is 6.31. The number of amides is 2. The lowest BCUT2D eigenvalue weighted by Gasteiger charge is -2.33. The van der Waals surface area contributed by atoms with Gasteiger partial charge in [-0.1, -0.05) is 6.92 Å². The van der Waals surface area contributed by atoms with Gasteiger partial charge in [0.2, 0.25) is 0 Å². The Balaban J connectivity index is 2.15. The van der Waals surface area contributed by atoms with Crippen molar-refractivity contribution in [3.8, 4) is 0 Å². The van der Waals surface area contributed by atoms with Crippen molar-refractivity contribution in [1.29, 1.82) is 0 Å². The molecule has 6 nitrogen and oxygen atoms in total. The molecule has 1 unspecified atom stereocenters. The molecule has 0 aliphatic carbocycles. The molecule has 0 saturated carbocycles. The second kappa shape index (κ2) is 8.87. The van der Waals surface area contributed by atoms with Crippen LogP contribution in [0.1, 0.15) is 32.6 Å². The van der Waals surface area contributed by atoms with Gasteiger partial charge in [-0.25, -0.2) is 4.79 Å². The first-order chi connectivity index (χ1) is 9.90. The third kappa shape index (κ3) is 6.80. The van der Waals surface area contributed by atoms with Crippen molar-refractivity contribution in [2.45, 2.75) is 32.6 Å². The molecule has 1 heterocycles. The number of likely N-dealkylation sites (tertiary alicyclic amines) is 1. The molecule has 2 amide bonds. The van der Waals surface area contributed by atoms with Crippen LogP contribution in [0.3, 0.4) is 0 Å². The van der Waals surface area contributed by atoms with Gasteiger partial charge in [-0.15, -0.1) is 0 Å². The van der Waals surface area contributed by atoms with E-state index in [0.717, 1.165) is 32.5 Å². The van der Waals surface area contributed by atoms with Gasteiger partial charge in [-0.3, -0.25) is 4.79 Å². The lowest BCUT2D eigenvalue weighted by Crippen LogP contribution is -2.45. The maximum absolute atomic E-state index is 12.0. The van der Waals surface area contributed by atoms with Crippen molar-refractivity contribution < 1.29 is 14.7 Å². The maximum atomic E-state index is 12.0. The minimum Gasteiger partial charge on any atom is -0.481 e. The highest BCUT2D eigenvalue weighted by Gasteiger charge is 2.22. The number of rotatable bonds is 7. The lowest BCUT2D eigenvalue weighted by atomic mass is 9.97. The van der Waals surface area contributed by atoms with Crippen LogP contribution in [0.25, 0.3) is 0 Å². The fourth-order valence-electron chi connectivity index (χ4n) is 2.67. The van der Waals surface area contributed by atoms with Gasteiger partial charge in [0.15, 0.2) is 0 Å². The molecule has 2 N–H and O–H groups in total. The molecular formula is C15H29N3O3. The van der Waals surface area contributed by atoms with Crippen molar-refractivity contribution in [3.63, 3.8) is 0 Å². The highest BCUT2D eigenvalue weighted by molar-refractivity contribution is 5.74. The largest absolute Gasteiger partial charge is 0.481 e. The van der Waals surface area contributed by atoms with Gasteiger partial charge < -0.3 is 20.2 Å². The summed E-state index contributed by atoms with van der Waals surface area (Å²) in [6.45, 7) is 4.96. The van der Waals surface area contributed by atoms with Crippen molar-refractivity contribution in [3.05, 3.63) is 0 Å². The topological polar surface area (TPSA) is 72.9 Å². The summed E-state index contributed by atoms with van der Waals surface area (Å²) in [5.74, 6) is -0.437. The number of carboxylic acids is 1. The monoisotopic (exact) mass is 299 g/mol. The van der Waals surface area contributed by atoms with Gasteiger partial charge in [0.05, 0.1) is 5.92 Å². The van der Waals surface area contributed by atoms with Gasteiger partial charge in [-0.2, -0.15) is 0 Å². The summed E-state index contributed by atoms with van der Waals surface area (Å²) in [6, 6.07) is -0.0127. The average molecular weight is 299 g/mol. The fraction of sp³-hybridized carbons (Fsp3) is 0.867. The molecular weight excluding hydrogens is 270 g/mol. The Morgan fingerprint density at radius 2 is 1.95 bits per heavy atom. The molecule has 122 valence electrons. The molecule has 0 bridgehead atoms. The number of hydrogen-bond donors (Lipinski definition) is 2. The minimum absolute atomic E-state index is 0.0127. The number of urea groups is 1. The highest BCUT2D eigenvalue weighted by Crippen LogP contribution is 2.17. The van der Waals surface area contributed by atoms with Crippen LogP contribution in [0.2, 0.25) is 0 Å². The molecule has 0 aromatic carbocycles. The Labute approximate surface area is 127 Å². The normalized spacial score (nSPS) is 17.8. The Morgan fingerprint density at radius 1 is 1.33 bits per heavy atom. The van der Waals surface area contributed by atoms with Crippen LogP contribution >= 0.6 is 0 Å². The molecule has 0 spiro atoms. The smallest absolute Gasteiger partial charge is 0.317 e. The van der Waals surface area contributed by atoms with E-state index in [1.807, 2.05) is 4.90 Å². The van der Waals surface area contributed by atoms with Gasteiger partial charge in [0, 0.05) is 26.2 Å². The van der Waals surface area contributed by atoms with Crippen LogP contribution in [0.15, 0.2) is 0 Å². The predicted octanol–water partition coefficient (Wildman–Crippen LogP) is 1.47. The number of piperidine rings is 1. The van der Waals surface area contributed by atoms with E-state index in [1.165, 1.54) is 0 Å². The molecule has 1 aliphatic heterocycles. The van der Waals surface area contributed by atoms with E-state index in [-0.39, 0.29) is 11.9 Å². The van der Waals surface area contributed by atoms with E-state index in [1.54, 1.807) is 6.92 Å². The SMILES string of the molecule is CC(CCCNC(=O)N1CCC(CN(C)C)CC1)C(=O)O. The summed E-state index contributed by atoms with van der Waals surface area (Å²) in [5.41, 5.74) is 0. The third-order valence-corrected chi connectivity index (χ3v) is 4.04. The zero-order valence-corrected chi connectivity index (χ0v) is 13.5. The second-order valence-electron chi connectivity index (χ2n) is 6.31. The standard InChI is InChI=1S/C15H29N3O3/c1-12(14(19)20)5-4-8-16-15(21)18-9-6-13(7-10-18)11-17(2)3/h12-13H,4-11H2,1-3H3,(H,16,21)(H,19,20). The Bertz CT molecular complexity index is 339. The quantitative estimate of drug-likeness (QED) is 0.698. The zero-order valence-electron chi connectivity index (χ0n) is 13.5. The van der Waals surface area contributed by atoms with Gasteiger partial charge in [-0.05, 0) is 45.7 Å². The molecule has 1 saturated heterocycles. The van der Waals surface area contributed by atoms with Crippen LogP contribution in [-0.2, 0) is 4.79 Å². The first-order valence-electron chi connectivity index (χ1n) is 7.80. The summed E-state index contributed by atoms with van der Waals surface area (Å²) >= 11 is 0. The Hall–Kier alpha value is -1.30. The first kappa shape index (κ1) is 17.8. The molecule has 1 aliphatic rings. The molecule has 0 radical (unpaired) electrons. The summed E-state index contributed by atoms with van der Waals surface area (Å²) in [5, 5.41) is 11.7. The van der Waals surface area contributed by atoms with Gasteiger partial charge >= 0.3 is 12.0 Å². The summed E-state index contributed by atoms with van der Waals surface area (Å²) < 4.78 is 0. The van der Waals surface area contributed by atoms with Crippen molar-refractivity contribution in [2.24, 2.45) is 11.8 Å². The zero-order chi connectivity index (χ0) is 15.8. The van der Waals surface area contributed by atoms with Crippen LogP contribution in [0, 0.1) is 11.8 Å². The molecule has 1 fully saturated rings. The predicted molar refractivity (Wildman–Crippen MR) is 82.3 cm³/mol. The minimum atomic E-state index is -0.774. The van der Waals surface area contributed by atoms with Crippen molar-refractivity contribution in [2.75, 3.05) is 40.3 Å². The average Bonchev–Trinajstić information content (AvgIpc) is 2.43. The van der Waals surface area contributed by atoms with Gasteiger partial charge in [0.25, 0.3) is 0 Å². The number of carboxylic acid groups (broad SMARTS) is 1. The Morgan fingerprint density at radius 3 is 2.48 bits per heavy atom. The van der Waals surface area contributed by atoms with Crippen LogP contribution < -0.4 is 5.32 Å². The number of hydrogen-bond acceptors (Lipinski definition) is 3. The number of nitrogens with one attached hydrogen (secondary N) is 1. The molecule has 0 aromatic rings. The van der Waals surface area contributed by atoms with Crippen LogP contribution in [0.5, 0.6) is 0 Å². The first-order valence-corrected chi connectivity index (χ1v) is 7.80. The van der Waals surface area contributed by atoms with Crippen LogP contribution in [0.4, 0.5) is 4.79 Å².